The minimum absolute atomic E-state index is 0.0396. The molecule has 0 spiro atoms. The van der Waals surface area contributed by atoms with Crippen molar-refractivity contribution >= 4 is 17.6 Å². The van der Waals surface area contributed by atoms with Crippen molar-refractivity contribution in [3.05, 3.63) is 62.5 Å². The third-order valence-electron chi connectivity index (χ3n) is 6.42. The van der Waals surface area contributed by atoms with Crippen molar-refractivity contribution in [2.24, 2.45) is 0 Å². The lowest BCUT2D eigenvalue weighted by molar-refractivity contribution is -0.385. The van der Waals surface area contributed by atoms with E-state index >= 15 is 0 Å². The van der Waals surface area contributed by atoms with E-state index in [9.17, 15) is 24.8 Å². The van der Waals surface area contributed by atoms with Crippen LogP contribution in [0.5, 0.6) is 0 Å². The molecule has 1 atom stereocenters. The number of hydrogen-bond donors (Lipinski definition) is 2. The molecule has 2 rings (SSSR count). The number of amides is 1. The lowest BCUT2D eigenvalue weighted by Gasteiger charge is -2.37. The van der Waals surface area contributed by atoms with Crippen molar-refractivity contribution in [2.75, 3.05) is 13.1 Å². The Morgan fingerprint density at radius 2 is 1.69 bits per heavy atom. The lowest BCUT2D eigenvalue weighted by Crippen LogP contribution is -2.38. The van der Waals surface area contributed by atoms with Gasteiger partial charge in [-0.2, -0.15) is 0 Å². The molecule has 1 aliphatic heterocycles. The third-order valence-corrected chi connectivity index (χ3v) is 6.42. The van der Waals surface area contributed by atoms with Crippen LogP contribution in [0.15, 0.2) is 46.8 Å². The molecule has 2 N–H and O–H groups in total. The number of benzene rings is 1. The zero-order valence-electron chi connectivity index (χ0n) is 20.8. The summed E-state index contributed by atoms with van der Waals surface area (Å²) >= 11 is 0. The van der Waals surface area contributed by atoms with E-state index in [2.05, 4.69) is 18.2 Å². The van der Waals surface area contributed by atoms with Gasteiger partial charge in [0.05, 0.1) is 23.0 Å². The first-order chi connectivity index (χ1) is 16.8. The molecule has 188 valence electrons. The minimum atomic E-state index is -1.22. The molecule has 1 aromatic carbocycles. The van der Waals surface area contributed by atoms with E-state index in [-0.39, 0.29) is 28.9 Å². The number of carboxylic acid groups (broad SMARTS) is 1. The van der Waals surface area contributed by atoms with Crippen molar-refractivity contribution in [3.63, 3.8) is 0 Å². The number of terminal acetylenes is 1. The molecular weight excluding hydrogens is 446 g/mol. The van der Waals surface area contributed by atoms with Gasteiger partial charge in [0.2, 0.25) is 0 Å². The van der Waals surface area contributed by atoms with Crippen LogP contribution in [0.4, 0.5) is 5.69 Å². The SMILES string of the molecule is C#CCNC(=O)C1=C(C)N(CCCCCCCCC)C(C)=C(C(=O)O)C1c1ccccc1[N+](=O)[O-]. The number of hydrogen-bond acceptors (Lipinski definition) is 5. The first kappa shape index (κ1) is 27.6. The van der Waals surface area contributed by atoms with Gasteiger partial charge in [0, 0.05) is 35.1 Å². The Hall–Kier alpha value is -3.60. The van der Waals surface area contributed by atoms with E-state index in [0.717, 1.165) is 25.7 Å². The Morgan fingerprint density at radius 3 is 2.29 bits per heavy atom. The molecule has 0 radical (unpaired) electrons. The smallest absolute Gasteiger partial charge is 0.334 e. The Labute approximate surface area is 207 Å². The van der Waals surface area contributed by atoms with Crippen molar-refractivity contribution in [1.82, 2.24) is 10.2 Å². The summed E-state index contributed by atoms with van der Waals surface area (Å²) in [5.41, 5.74) is 1.11. The van der Waals surface area contributed by atoms with Gasteiger partial charge in [-0.1, -0.05) is 69.6 Å². The van der Waals surface area contributed by atoms with Crippen molar-refractivity contribution in [1.29, 1.82) is 0 Å². The second kappa shape index (κ2) is 13.3. The van der Waals surface area contributed by atoms with Crippen LogP contribution < -0.4 is 5.32 Å². The van der Waals surface area contributed by atoms with Crippen LogP contribution in [-0.4, -0.2) is 39.9 Å². The van der Waals surface area contributed by atoms with Gasteiger partial charge in [-0.25, -0.2) is 4.79 Å². The monoisotopic (exact) mass is 481 g/mol. The predicted molar refractivity (Wildman–Crippen MR) is 135 cm³/mol. The molecule has 0 fully saturated rings. The van der Waals surface area contributed by atoms with E-state index in [4.69, 9.17) is 6.42 Å². The molecular formula is C27H35N3O5. The molecule has 35 heavy (non-hydrogen) atoms. The largest absolute Gasteiger partial charge is 0.478 e. The van der Waals surface area contributed by atoms with E-state index in [1.807, 2.05) is 4.90 Å². The van der Waals surface area contributed by atoms with Gasteiger partial charge in [-0.3, -0.25) is 14.9 Å². The Bertz CT molecular complexity index is 1050. The zero-order chi connectivity index (χ0) is 26.0. The molecule has 0 saturated heterocycles. The zero-order valence-corrected chi connectivity index (χ0v) is 20.8. The highest BCUT2D eigenvalue weighted by Gasteiger charge is 2.41. The normalized spacial score (nSPS) is 15.7. The average Bonchev–Trinajstić information content (AvgIpc) is 2.82. The van der Waals surface area contributed by atoms with Gasteiger partial charge in [0.15, 0.2) is 0 Å². The number of unbranched alkanes of at least 4 members (excludes halogenated alkanes) is 6. The predicted octanol–water partition coefficient (Wildman–Crippen LogP) is 5.13. The summed E-state index contributed by atoms with van der Waals surface area (Å²) in [6.07, 6.45) is 13.0. The molecule has 0 aromatic heterocycles. The Kier molecular flexibility index (Phi) is 10.5. The van der Waals surface area contributed by atoms with Crippen LogP contribution in [-0.2, 0) is 9.59 Å². The number of carbonyl (C=O) groups excluding carboxylic acids is 1. The van der Waals surface area contributed by atoms with E-state index in [1.54, 1.807) is 19.9 Å². The Morgan fingerprint density at radius 1 is 1.09 bits per heavy atom. The van der Waals surface area contributed by atoms with Crippen LogP contribution in [0.25, 0.3) is 0 Å². The standard InChI is InChI=1S/C27H35N3O5/c1-5-7-8-9-10-11-14-18-29-19(3)23(26(31)28-17-6-2)25(24(20(29)4)27(32)33)21-15-12-13-16-22(21)30(34)35/h2,12-13,15-16,25H,5,7-11,14,17-18H2,1,3-4H3,(H,28,31)(H,32,33). The molecule has 0 bridgehead atoms. The topological polar surface area (TPSA) is 113 Å². The summed E-state index contributed by atoms with van der Waals surface area (Å²) in [5, 5.41) is 24.6. The summed E-state index contributed by atoms with van der Waals surface area (Å²) in [7, 11) is 0. The highest BCUT2D eigenvalue weighted by atomic mass is 16.6. The van der Waals surface area contributed by atoms with Crippen LogP contribution >= 0.6 is 0 Å². The molecule has 1 amide bonds. The van der Waals surface area contributed by atoms with Gasteiger partial charge in [0.25, 0.3) is 11.6 Å². The summed E-state index contributed by atoms with van der Waals surface area (Å²) in [4.78, 5) is 38.8. The molecule has 1 unspecified atom stereocenters. The Balaban J connectivity index is 2.51. The maximum Gasteiger partial charge on any atom is 0.334 e. The number of nitrogens with one attached hydrogen (secondary N) is 1. The number of nitro groups is 1. The van der Waals surface area contributed by atoms with Crippen molar-refractivity contribution in [3.8, 4) is 12.3 Å². The fourth-order valence-electron chi connectivity index (χ4n) is 4.68. The van der Waals surface area contributed by atoms with E-state index < -0.39 is 22.7 Å². The first-order valence-electron chi connectivity index (χ1n) is 12.1. The number of nitrogens with zero attached hydrogens (tertiary/aromatic N) is 2. The molecule has 0 saturated carbocycles. The fourth-order valence-corrected chi connectivity index (χ4v) is 4.68. The maximum absolute atomic E-state index is 13.3. The number of allylic oxidation sites excluding steroid dienone is 2. The summed E-state index contributed by atoms with van der Waals surface area (Å²) in [5.74, 6) is -0.497. The second-order valence-corrected chi connectivity index (χ2v) is 8.71. The quantitative estimate of drug-likeness (QED) is 0.175. The summed E-state index contributed by atoms with van der Waals surface area (Å²) < 4.78 is 0. The van der Waals surface area contributed by atoms with Crippen molar-refractivity contribution < 1.29 is 19.6 Å². The third kappa shape index (κ3) is 6.72. The number of para-hydroxylation sites is 1. The van der Waals surface area contributed by atoms with Crippen LogP contribution in [0.1, 0.15) is 77.2 Å². The number of aliphatic carboxylic acids is 1. The maximum atomic E-state index is 13.3. The highest BCUT2D eigenvalue weighted by Crippen LogP contribution is 2.44. The molecule has 1 aliphatic rings. The van der Waals surface area contributed by atoms with Gasteiger partial charge in [0.1, 0.15) is 0 Å². The number of carboxylic acids is 1. The fraction of sp³-hybridized carbons (Fsp3) is 0.481. The summed E-state index contributed by atoms with van der Waals surface area (Å²) in [6, 6.07) is 5.95. The van der Waals surface area contributed by atoms with Gasteiger partial charge in [-0.15, -0.1) is 6.42 Å². The minimum Gasteiger partial charge on any atom is -0.478 e. The molecule has 1 aromatic rings. The lowest BCUT2D eigenvalue weighted by atomic mass is 9.78. The van der Waals surface area contributed by atoms with Gasteiger partial charge in [-0.05, 0) is 20.3 Å². The average molecular weight is 482 g/mol. The molecule has 0 aliphatic carbocycles. The van der Waals surface area contributed by atoms with E-state index in [1.165, 1.54) is 37.5 Å². The number of carbonyl (C=O) groups is 2. The molecule has 8 nitrogen and oxygen atoms in total. The van der Waals surface area contributed by atoms with Crippen molar-refractivity contribution in [2.45, 2.75) is 71.6 Å². The highest BCUT2D eigenvalue weighted by molar-refractivity contribution is 6.02. The van der Waals surface area contributed by atoms with E-state index in [0.29, 0.717) is 17.9 Å². The van der Waals surface area contributed by atoms with Crippen LogP contribution in [0.3, 0.4) is 0 Å². The molecule has 1 heterocycles. The van der Waals surface area contributed by atoms with Gasteiger partial charge >= 0.3 is 5.97 Å². The van der Waals surface area contributed by atoms with Crippen LogP contribution in [0.2, 0.25) is 0 Å². The number of nitro benzene ring substituents is 1. The first-order valence-corrected chi connectivity index (χ1v) is 12.1. The summed E-state index contributed by atoms with van der Waals surface area (Å²) in [6.45, 7) is 6.15. The second-order valence-electron chi connectivity index (χ2n) is 8.71. The number of rotatable bonds is 13. The molecule has 8 heteroatoms. The van der Waals surface area contributed by atoms with Crippen LogP contribution in [0, 0.1) is 22.5 Å². The van der Waals surface area contributed by atoms with Gasteiger partial charge < -0.3 is 15.3 Å².